The minimum absolute atomic E-state index is 0.0683. The normalized spacial score (nSPS) is 18.3. The number of benzene rings is 1. The third-order valence-corrected chi connectivity index (χ3v) is 6.81. The zero-order valence-corrected chi connectivity index (χ0v) is 19.6. The fraction of sp³-hybridized carbons (Fsp3) is 0.346. The number of aromatic nitrogens is 3. The van der Waals surface area contributed by atoms with Crippen molar-refractivity contribution in [2.24, 2.45) is 4.99 Å². The molecule has 9 nitrogen and oxygen atoms in total. The highest BCUT2D eigenvalue weighted by molar-refractivity contribution is 5.94. The number of carbonyl (C=O) groups is 1. The van der Waals surface area contributed by atoms with Gasteiger partial charge in [0.2, 0.25) is 0 Å². The summed E-state index contributed by atoms with van der Waals surface area (Å²) in [6, 6.07) is 11.5. The van der Waals surface area contributed by atoms with Gasteiger partial charge < -0.3 is 4.90 Å². The molecule has 0 spiro atoms. The molecule has 0 bridgehead atoms. The van der Waals surface area contributed by atoms with Crippen LogP contribution in [0.25, 0.3) is 16.9 Å². The van der Waals surface area contributed by atoms with Crippen molar-refractivity contribution < 1.29 is 4.79 Å². The van der Waals surface area contributed by atoms with E-state index >= 15 is 0 Å². The van der Waals surface area contributed by atoms with Crippen LogP contribution in [-0.2, 0) is 0 Å². The van der Waals surface area contributed by atoms with Gasteiger partial charge in [0.1, 0.15) is 0 Å². The van der Waals surface area contributed by atoms with Crippen molar-refractivity contribution in [1.29, 1.82) is 5.26 Å². The van der Waals surface area contributed by atoms with Crippen molar-refractivity contribution in [2.75, 3.05) is 26.2 Å². The highest BCUT2D eigenvalue weighted by Crippen LogP contribution is 2.30. The lowest BCUT2D eigenvalue weighted by Crippen LogP contribution is -2.56. The van der Waals surface area contributed by atoms with E-state index in [1.54, 1.807) is 36.5 Å². The Kier molecular flexibility index (Phi) is 6.05. The van der Waals surface area contributed by atoms with Gasteiger partial charge in [-0.05, 0) is 61.9 Å². The maximum absolute atomic E-state index is 13.2. The second-order valence-electron chi connectivity index (χ2n) is 9.15. The van der Waals surface area contributed by atoms with E-state index in [1.807, 2.05) is 11.8 Å². The molecule has 2 aromatic heterocycles. The summed E-state index contributed by atoms with van der Waals surface area (Å²) in [7, 11) is 0. The number of amides is 1. The predicted octanol–water partition coefficient (Wildman–Crippen LogP) is 2.40. The summed E-state index contributed by atoms with van der Waals surface area (Å²) in [6.45, 7) is 8.27. The molecular weight excluding hydrogens is 442 g/mol. The summed E-state index contributed by atoms with van der Waals surface area (Å²) < 4.78 is 1.35. The highest BCUT2D eigenvalue weighted by Gasteiger charge is 2.38. The first-order valence-corrected chi connectivity index (χ1v) is 11.8. The van der Waals surface area contributed by atoms with Crippen LogP contribution in [0.5, 0.6) is 0 Å². The lowest BCUT2D eigenvalue weighted by molar-refractivity contribution is 0.0475. The first kappa shape index (κ1) is 22.7. The third-order valence-electron chi connectivity index (χ3n) is 6.81. The third kappa shape index (κ3) is 4.40. The number of hydrogen-bond acceptors (Lipinski definition) is 6. The number of aliphatic imine (C=N–C) groups is 1. The van der Waals surface area contributed by atoms with Crippen LogP contribution in [-0.4, -0.2) is 75.5 Å². The molecule has 1 N–H and O–H groups in total. The van der Waals surface area contributed by atoms with E-state index in [2.05, 4.69) is 32.8 Å². The van der Waals surface area contributed by atoms with E-state index in [9.17, 15) is 9.59 Å². The van der Waals surface area contributed by atoms with Gasteiger partial charge in [-0.1, -0.05) is 6.07 Å². The number of hydrogen-bond donors (Lipinski definition) is 1. The summed E-state index contributed by atoms with van der Waals surface area (Å²) >= 11 is 0. The number of aryl methyl sites for hydroxylation is 1. The molecule has 1 aliphatic heterocycles. The van der Waals surface area contributed by atoms with Crippen LogP contribution in [0.3, 0.4) is 0 Å². The number of rotatable bonds is 6. The van der Waals surface area contributed by atoms with E-state index < -0.39 is 0 Å². The molecule has 1 aliphatic carbocycles. The molecule has 0 unspecified atom stereocenters. The Morgan fingerprint density at radius 2 is 2.09 bits per heavy atom. The summed E-state index contributed by atoms with van der Waals surface area (Å²) in [6.07, 6.45) is 5.59. The number of piperazine rings is 1. The van der Waals surface area contributed by atoms with Crippen LogP contribution in [0.15, 0.2) is 52.5 Å². The van der Waals surface area contributed by atoms with Crippen LogP contribution in [0.4, 0.5) is 0 Å². The summed E-state index contributed by atoms with van der Waals surface area (Å²) in [5.74, 6) is 0.331. The molecule has 5 rings (SSSR count). The number of carbonyl (C=O) groups excluding carboxylic acids is 1. The molecule has 2 fully saturated rings. The van der Waals surface area contributed by atoms with Crippen LogP contribution in [0.1, 0.15) is 34.3 Å². The van der Waals surface area contributed by atoms with Gasteiger partial charge in [0.15, 0.2) is 5.82 Å². The minimum Gasteiger partial charge on any atom is -0.336 e. The first-order chi connectivity index (χ1) is 17.0. The predicted molar refractivity (Wildman–Crippen MR) is 133 cm³/mol. The van der Waals surface area contributed by atoms with Crippen molar-refractivity contribution in [3.05, 3.63) is 69.8 Å². The molecule has 0 radical (unpaired) electrons. The second kappa shape index (κ2) is 9.31. The van der Waals surface area contributed by atoms with Crippen molar-refractivity contribution >= 4 is 12.6 Å². The van der Waals surface area contributed by atoms with E-state index in [1.165, 1.54) is 23.7 Å². The molecule has 2 aliphatic rings. The molecule has 1 aromatic carbocycles. The maximum atomic E-state index is 13.2. The van der Waals surface area contributed by atoms with Crippen molar-refractivity contribution in [2.45, 2.75) is 31.8 Å². The fourth-order valence-corrected chi connectivity index (χ4v) is 4.85. The van der Waals surface area contributed by atoms with E-state index in [0.717, 1.165) is 17.7 Å². The molecule has 1 saturated carbocycles. The second-order valence-corrected chi connectivity index (χ2v) is 9.15. The average molecular weight is 470 g/mol. The van der Waals surface area contributed by atoms with Crippen molar-refractivity contribution in [3.8, 4) is 23.0 Å². The average Bonchev–Trinajstić information content (AvgIpc) is 3.65. The van der Waals surface area contributed by atoms with E-state index in [0.29, 0.717) is 48.2 Å². The van der Waals surface area contributed by atoms with Gasteiger partial charge in [0, 0.05) is 44.1 Å². The number of pyridine rings is 1. The SMILES string of the molecule is C=NC[C@H]1CN(C(=O)c2ccc(-n3[nH]cc(-c4ccc(C#N)cc4C)c3=O)nc2)CCN1C1CC1. The Hall–Kier alpha value is -4.03. The fourth-order valence-electron chi connectivity index (χ4n) is 4.85. The molecule has 1 amide bonds. The van der Waals surface area contributed by atoms with Crippen LogP contribution in [0, 0.1) is 18.3 Å². The lowest BCUT2D eigenvalue weighted by atomic mass is 10.0. The van der Waals surface area contributed by atoms with Gasteiger partial charge in [-0.3, -0.25) is 24.6 Å². The number of H-pyrrole nitrogens is 1. The van der Waals surface area contributed by atoms with Gasteiger partial charge in [0.25, 0.3) is 11.5 Å². The Morgan fingerprint density at radius 1 is 1.26 bits per heavy atom. The number of nitrogens with one attached hydrogen (secondary N) is 1. The highest BCUT2D eigenvalue weighted by atomic mass is 16.2. The smallest absolute Gasteiger partial charge is 0.280 e. The van der Waals surface area contributed by atoms with Gasteiger partial charge in [-0.25, -0.2) is 9.67 Å². The summed E-state index contributed by atoms with van der Waals surface area (Å²) in [4.78, 5) is 39.0. The van der Waals surface area contributed by atoms with Crippen molar-refractivity contribution in [3.63, 3.8) is 0 Å². The van der Waals surface area contributed by atoms with Crippen LogP contribution >= 0.6 is 0 Å². The largest absolute Gasteiger partial charge is 0.336 e. The first-order valence-electron chi connectivity index (χ1n) is 11.8. The lowest BCUT2D eigenvalue weighted by Gasteiger charge is -2.41. The Bertz CT molecular complexity index is 1360. The Morgan fingerprint density at radius 3 is 2.74 bits per heavy atom. The van der Waals surface area contributed by atoms with Crippen molar-refractivity contribution in [1.82, 2.24) is 24.6 Å². The van der Waals surface area contributed by atoms with Gasteiger partial charge in [0.05, 0.1) is 29.3 Å². The molecule has 3 heterocycles. The zero-order chi connectivity index (χ0) is 24.5. The van der Waals surface area contributed by atoms with E-state index in [-0.39, 0.29) is 17.5 Å². The summed E-state index contributed by atoms with van der Waals surface area (Å²) in [5.41, 5.74) is 2.87. The van der Waals surface area contributed by atoms with Crippen LogP contribution < -0.4 is 5.56 Å². The Labute approximate surface area is 203 Å². The molecular formula is C26H27N7O2. The molecule has 3 aromatic rings. The zero-order valence-electron chi connectivity index (χ0n) is 19.6. The van der Waals surface area contributed by atoms with E-state index in [4.69, 9.17) is 5.26 Å². The molecule has 35 heavy (non-hydrogen) atoms. The maximum Gasteiger partial charge on any atom is 0.280 e. The number of nitrogens with zero attached hydrogens (tertiary/aromatic N) is 6. The quantitative estimate of drug-likeness (QED) is 0.558. The molecule has 9 heteroatoms. The topological polar surface area (TPSA) is 110 Å². The molecule has 1 atom stereocenters. The minimum atomic E-state index is -0.250. The monoisotopic (exact) mass is 469 g/mol. The Balaban J connectivity index is 1.33. The standard InChI is InChI=1S/C26H27N7O2/c1-17-11-18(12-27)3-7-22(17)23-15-30-33(26(23)35)24-8-4-19(13-29-24)25(34)31-9-10-32(20-5-6-20)21(16-31)14-28-2/h3-4,7-8,11,13,15,20-21,30H,2,5-6,9-10,14,16H2,1H3/t21-/m0/s1. The summed E-state index contributed by atoms with van der Waals surface area (Å²) in [5, 5.41) is 12.0. The molecule has 178 valence electrons. The van der Waals surface area contributed by atoms with Gasteiger partial charge >= 0.3 is 0 Å². The number of aromatic amines is 1. The van der Waals surface area contributed by atoms with Gasteiger partial charge in [-0.15, -0.1) is 0 Å². The number of nitriles is 1. The van der Waals surface area contributed by atoms with Crippen LogP contribution in [0.2, 0.25) is 0 Å². The molecule has 1 saturated heterocycles. The van der Waals surface area contributed by atoms with Gasteiger partial charge in [-0.2, -0.15) is 5.26 Å².